The van der Waals surface area contributed by atoms with Gasteiger partial charge in [-0.3, -0.25) is 4.98 Å². The van der Waals surface area contributed by atoms with Gasteiger partial charge in [-0.25, -0.2) is 0 Å². The number of benzene rings is 1. The number of nitrogens with zero attached hydrogens (tertiary/aromatic N) is 1. The van der Waals surface area contributed by atoms with Crippen molar-refractivity contribution in [1.82, 2.24) is 10.3 Å². The summed E-state index contributed by atoms with van der Waals surface area (Å²) in [5, 5.41) is 6.27. The third-order valence-electron chi connectivity index (χ3n) is 4.48. The number of pyridine rings is 1. The number of nitrogens with one attached hydrogen (secondary N) is 1. The highest BCUT2D eigenvalue weighted by molar-refractivity contribution is 5.85. The van der Waals surface area contributed by atoms with E-state index >= 15 is 0 Å². The van der Waals surface area contributed by atoms with Crippen molar-refractivity contribution in [1.29, 1.82) is 0 Å². The van der Waals surface area contributed by atoms with Gasteiger partial charge in [0.05, 0.1) is 0 Å². The second-order valence-electron chi connectivity index (χ2n) is 6.45. The zero-order valence-electron chi connectivity index (χ0n) is 12.5. The molecule has 1 aliphatic rings. The molecule has 2 heteroatoms. The lowest BCUT2D eigenvalue weighted by atomic mass is 9.69. The average Bonchev–Trinajstić information content (AvgIpc) is 2.42. The van der Waals surface area contributed by atoms with Crippen LogP contribution in [0.1, 0.15) is 38.2 Å². The standard InChI is InChI=1S/C18H24N2/c1-13(2)9-19-11-15-7-8-17(15)18-12-20-10-14-5-3-4-6-16(14)18/h3-6,10,12-13,15,17,19H,7-9,11H2,1-2H3. The molecule has 1 aromatic heterocycles. The van der Waals surface area contributed by atoms with E-state index in [-0.39, 0.29) is 0 Å². The third-order valence-corrected chi connectivity index (χ3v) is 4.48. The largest absolute Gasteiger partial charge is 0.316 e. The molecule has 3 rings (SSSR count). The van der Waals surface area contributed by atoms with Gasteiger partial charge in [0.15, 0.2) is 0 Å². The van der Waals surface area contributed by atoms with Gasteiger partial charge in [-0.05, 0) is 54.6 Å². The highest BCUT2D eigenvalue weighted by Gasteiger charge is 2.32. The van der Waals surface area contributed by atoms with Crippen molar-refractivity contribution >= 4 is 10.8 Å². The van der Waals surface area contributed by atoms with Crippen LogP contribution in [0.4, 0.5) is 0 Å². The minimum atomic E-state index is 0.688. The fourth-order valence-corrected chi connectivity index (χ4v) is 3.22. The van der Waals surface area contributed by atoms with E-state index in [0.29, 0.717) is 5.92 Å². The predicted molar refractivity (Wildman–Crippen MR) is 84.9 cm³/mol. The molecule has 1 aliphatic carbocycles. The molecule has 2 nitrogen and oxygen atoms in total. The molecule has 0 bridgehead atoms. The molecule has 0 aliphatic heterocycles. The number of hydrogen-bond donors (Lipinski definition) is 1. The van der Waals surface area contributed by atoms with Crippen LogP contribution in [0.3, 0.4) is 0 Å². The van der Waals surface area contributed by atoms with Crippen molar-refractivity contribution < 1.29 is 0 Å². The Morgan fingerprint density at radius 3 is 2.80 bits per heavy atom. The van der Waals surface area contributed by atoms with Gasteiger partial charge in [0.1, 0.15) is 0 Å². The molecule has 20 heavy (non-hydrogen) atoms. The lowest BCUT2D eigenvalue weighted by molar-refractivity contribution is 0.244. The molecule has 1 aromatic carbocycles. The summed E-state index contributed by atoms with van der Waals surface area (Å²) in [5.74, 6) is 2.20. The molecule has 1 N–H and O–H groups in total. The minimum Gasteiger partial charge on any atom is -0.316 e. The van der Waals surface area contributed by atoms with Crippen molar-refractivity contribution in [3.63, 3.8) is 0 Å². The first-order valence-electron chi connectivity index (χ1n) is 7.79. The first kappa shape index (κ1) is 13.6. The monoisotopic (exact) mass is 268 g/mol. The second-order valence-corrected chi connectivity index (χ2v) is 6.45. The first-order chi connectivity index (χ1) is 9.75. The van der Waals surface area contributed by atoms with E-state index in [1.165, 1.54) is 29.2 Å². The molecule has 1 fully saturated rings. The topological polar surface area (TPSA) is 24.9 Å². The van der Waals surface area contributed by atoms with E-state index in [4.69, 9.17) is 0 Å². The van der Waals surface area contributed by atoms with Gasteiger partial charge in [-0.2, -0.15) is 0 Å². The second kappa shape index (κ2) is 5.92. The molecule has 2 atom stereocenters. The van der Waals surface area contributed by atoms with Crippen LogP contribution >= 0.6 is 0 Å². The summed E-state index contributed by atoms with van der Waals surface area (Å²) < 4.78 is 0. The number of aromatic nitrogens is 1. The molecule has 2 unspecified atom stereocenters. The van der Waals surface area contributed by atoms with Crippen LogP contribution in [0.5, 0.6) is 0 Å². The zero-order valence-corrected chi connectivity index (χ0v) is 12.5. The number of rotatable bonds is 5. The summed E-state index contributed by atoms with van der Waals surface area (Å²) in [6.07, 6.45) is 6.72. The van der Waals surface area contributed by atoms with Gasteiger partial charge in [0.25, 0.3) is 0 Å². The number of fused-ring (bicyclic) bond motifs is 1. The van der Waals surface area contributed by atoms with E-state index < -0.39 is 0 Å². The normalized spacial score (nSPS) is 22.1. The highest BCUT2D eigenvalue weighted by atomic mass is 14.9. The van der Waals surface area contributed by atoms with Crippen LogP contribution in [0.2, 0.25) is 0 Å². The van der Waals surface area contributed by atoms with Crippen LogP contribution in [-0.2, 0) is 0 Å². The summed E-state index contributed by atoms with van der Waals surface area (Å²) in [6, 6.07) is 8.63. The van der Waals surface area contributed by atoms with E-state index in [9.17, 15) is 0 Å². The maximum Gasteiger partial charge on any atom is 0.0346 e. The molecule has 2 aromatic rings. The lowest BCUT2D eigenvalue weighted by Gasteiger charge is -2.38. The van der Waals surface area contributed by atoms with Crippen molar-refractivity contribution in [2.24, 2.45) is 11.8 Å². The molecular weight excluding hydrogens is 244 g/mol. The first-order valence-corrected chi connectivity index (χ1v) is 7.79. The van der Waals surface area contributed by atoms with Crippen molar-refractivity contribution in [3.05, 3.63) is 42.2 Å². The molecule has 106 valence electrons. The van der Waals surface area contributed by atoms with Gasteiger partial charge >= 0.3 is 0 Å². The summed E-state index contributed by atoms with van der Waals surface area (Å²) in [6.45, 7) is 6.79. The fraction of sp³-hybridized carbons (Fsp3) is 0.500. The summed E-state index contributed by atoms with van der Waals surface area (Å²) in [7, 11) is 0. The molecule has 1 saturated carbocycles. The SMILES string of the molecule is CC(C)CNCC1CCC1c1cncc2ccccc12. The Labute approximate surface area is 121 Å². The Kier molecular flexibility index (Phi) is 4.02. The van der Waals surface area contributed by atoms with Crippen molar-refractivity contribution in [3.8, 4) is 0 Å². The van der Waals surface area contributed by atoms with Gasteiger partial charge in [-0.1, -0.05) is 38.1 Å². The van der Waals surface area contributed by atoms with Gasteiger partial charge in [0, 0.05) is 17.8 Å². The van der Waals surface area contributed by atoms with Crippen LogP contribution in [-0.4, -0.2) is 18.1 Å². The van der Waals surface area contributed by atoms with Crippen molar-refractivity contribution in [2.45, 2.75) is 32.6 Å². The van der Waals surface area contributed by atoms with Gasteiger partial charge in [0.2, 0.25) is 0 Å². The fourth-order valence-electron chi connectivity index (χ4n) is 3.22. The smallest absolute Gasteiger partial charge is 0.0346 e. The average molecular weight is 268 g/mol. The van der Waals surface area contributed by atoms with Crippen LogP contribution < -0.4 is 5.32 Å². The van der Waals surface area contributed by atoms with E-state index in [0.717, 1.165) is 24.9 Å². The lowest BCUT2D eigenvalue weighted by Crippen LogP contribution is -2.35. The number of hydrogen-bond acceptors (Lipinski definition) is 2. The van der Waals surface area contributed by atoms with Crippen molar-refractivity contribution in [2.75, 3.05) is 13.1 Å². The highest BCUT2D eigenvalue weighted by Crippen LogP contribution is 2.44. The Balaban J connectivity index is 1.74. The van der Waals surface area contributed by atoms with Crippen LogP contribution in [0, 0.1) is 11.8 Å². The Morgan fingerprint density at radius 2 is 2.05 bits per heavy atom. The Hall–Kier alpha value is -1.41. The zero-order chi connectivity index (χ0) is 13.9. The summed E-state index contributed by atoms with van der Waals surface area (Å²) in [4.78, 5) is 4.44. The van der Waals surface area contributed by atoms with Gasteiger partial charge < -0.3 is 5.32 Å². The molecule has 0 amide bonds. The summed E-state index contributed by atoms with van der Waals surface area (Å²) >= 11 is 0. The van der Waals surface area contributed by atoms with E-state index in [2.05, 4.69) is 54.6 Å². The quantitative estimate of drug-likeness (QED) is 0.887. The van der Waals surface area contributed by atoms with Crippen LogP contribution in [0.25, 0.3) is 10.8 Å². The van der Waals surface area contributed by atoms with Crippen LogP contribution in [0.15, 0.2) is 36.7 Å². The molecule has 0 radical (unpaired) electrons. The van der Waals surface area contributed by atoms with E-state index in [1.54, 1.807) is 0 Å². The molecule has 0 spiro atoms. The van der Waals surface area contributed by atoms with Gasteiger partial charge in [-0.15, -0.1) is 0 Å². The Morgan fingerprint density at radius 1 is 1.20 bits per heavy atom. The predicted octanol–water partition coefficient (Wildman–Crippen LogP) is 3.97. The van der Waals surface area contributed by atoms with E-state index in [1.807, 2.05) is 6.20 Å². The minimum absolute atomic E-state index is 0.688. The Bertz CT molecular complexity index is 571. The molecular formula is C18H24N2. The molecule has 1 heterocycles. The third kappa shape index (κ3) is 2.71. The molecule has 0 saturated heterocycles. The maximum absolute atomic E-state index is 4.44. The maximum atomic E-state index is 4.44. The summed E-state index contributed by atoms with van der Waals surface area (Å²) in [5.41, 5.74) is 1.45.